The van der Waals surface area contributed by atoms with Gasteiger partial charge in [-0.25, -0.2) is 9.97 Å². The van der Waals surface area contributed by atoms with E-state index < -0.39 is 0 Å². The van der Waals surface area contributed by atoms with Gasteiger partial charge in [-0.1, -0.05) is 6.07 Å². The van der Waals surface area contributed by atoms with Crippen LogP contribution in [0.3, 0.4) is 0 Å². The van der Waals surface area contributed by atoms with Gasteiger partial charge in [0.2, 0.25) is 0 Å². The third-order valence-corrected chi connectivity index (χ3v) is 7.12. The maximum Gasteiger partial charge on any atom is 0.263 e. The number of rotatable bonds is 4. The van der Waals surface area contributed by atoms with Gasteiger partial charge in [0.05, 0.1) is 29.6 Å². The summed E-state index contributed by atoms with van der Waals surface area (Å²) in [7, 11) is 1.69. The molecule has 10 heteroatoms. The topological polar surface area (TPSA) is 129 Å². The summed E-state index contributed by atoms with van der Waals surface area (Å²) in [6, 6.07) is 6.01. The summed E-state index contributed by atoms with van der Waals surface area (Å²) in [5, 5.41) is 3.05. The zero-order chi connectivity index (χ0) is 22.4. The van der Waals surface area contributed by atoms with Gasteiger partial charge >= 0.3 is 0 Å². The molecule has 0 spiro atoms. The van der Waals surface area contributed by atoms with Crippen LogP contribution in [0.25, 0.3) is 10.3 Å². The van der Waals surface area contributed by atoms with Gasteiger partial charge in [-0.2, -0.15) is 0 Å². The zero-order valence-electron chi connectivity index (χ0n) is 18.0. The first kappa shape index (κ1) is 20.9. The molecule has 5 rings (SSSR count). The van der Waals surface area contributed by atoms with E-state index in [4.69, 9.17) is 20.9 Å². The molecule has 3 atom stereocenters. The van der Waals surface area contributed by atoms with Crippen LogP contribution in [-0.2, 0) is 11.2 Å². The van der Waals surface area contributed by atoms with Crippen molar-refractivity contribution in [2.24, 2.45) is 5.73 Å². The molecule has 0 saturated carbocycles. The average molecular weight is 455 g/mol. The standard InChI is InChI=1S/C22H26N6O3S/c1-11-7-25-19-18(24)20(32-22(19)26-11)21(29)27-13-5-12-3-4-14(6-16(12)31-10-13)28-8-15(23)17(9-28)30-2/h3-4,6-7,13,15,17H,5,8-10,23-24H2,1-2H3,(H,27,29)/t13-,15-,17+/m1/s1. The molecule has 0 unspecified atom stereocenters. The fourth-order valence-corrected chi connectivity index (χ4v) is 5.30. The third-order valence-electron chi connectivity index (χ3n) is 6.03. The predicted octanol–water partition coefficient (Wildman–Crippen LogP) is 1.48. The third kappa shape index (κ3) is 3.74. The minimum Gasteiger partial charge on any atom is -0.491 e. The highest BCUT2D eigenvalue weighted by atomic mass is 32.1. The monoisotopic (exact) mass is 454 g/mol. The fourth-order valence-electron chi connectivity index (χ4n) is 4.30. The first-order valence-electron chi connectivity index (χ1n) is 10.5. The van der Waals surface area contributed by atoms with Crippen molar-refractivity contribution in [1.82, 2.24) is 15.3 Å². The normalized spacial score (nSPS) is 22.6. The van der Waals surface area contributed by atoms with Crippen LogP contribution in [0.1, 0.15) is 20.9 Å². The van der Waals surface area contributed by atoms with Gasteiger partial charge in [0.1, 0.15) is 27.6 Å². The molecule has 0 radical (unpaired) electrons. The van der Waals surface area contributed by atoms with Crippen LogP contribution < -0.4 is 26.4 Å². The van der Waals surface area contributed by atoms with Gasteiger partial charge < -0.3 is 31.2 Å². The van der Waals surface area contributed by atoms with E-state index >= 15 is 0 Å². The maximum absolute atomic E-state index is 12.9. The van der Waals surface area contributed by atoms with Gasteiger partial charge in [0.25, 0.3) is 5.91 Å². The van der Waals surface area contributed by atoms with E-state index in [2.05, 4.69) is 32.3 Å². The molecule has 168 valence electrons. The number of carbonyl (C=O) groups excluding carboxylic acids is 1. The Balaban J connectivity index is 1.28. The first-order chi connectivity index (χ1) is 15.4. The molecule has 1 amide bonds. The number of nitrogens with one attached hydrogen (secondary N) is 1. The molecule has 0 aliphatic carbocycles. The van der Waals surface area contributed by atoms with Crippen molar-refractivity contribution in [3.63, 3.8) is 0 Å². The van der Waals surface area contributed by atoms with Crippen LogP contribution in [0, 0.1) is 6.92 Å². The molecule has 2 aliphatic rings. The molecule has 1 fully saturated rings. The van der Waals surface area contributed by atoms with Crippen molar-refractivity contribution in [3.8, 4) is 5.75 Å². The Morgan fingerprint density at radius 2 is 2.22 bits per heavy atom. The number of nitrogens with zero attached hydrogens (tertiary/aromatic N) is 3. The Kier molecular flexibility index (Phi) is 5.36. The van der Waals surface area contributed by atoms with E-state index in [0.717, 1.165) is 35.8 Å². The minimum absolute atomic E-state index is 0.00723. The van der Waals surface area contributed by atoms with Crippen LogP contribution in [-0.4, -0.2) is 60.9 Å². The van der Waals surface area contributed by atoms with Gasteiger partial charge in [-0.3, -0.25) is 4.79 Å². The highest BCUT2D eigenvalue weighted by Crippen LogP contribution is 2.33. The van der Waals surface area contributed by atoms with Gasteiger partial charge in [-0.05, 0) is 25.0 Å². The van der Waals surface area contributed by atoms with E-state index in [0.29, 0.717) is 33.9 Å². The summed E-state index contributed by atoms with van der Waals surface area (Å²) in [6.07, 6.45) is 2.36. The molecule has 2 aromatic heterocycles. The van der Waals surface area contributed by atoms with Gasteiger partial charge in [-0.15, -0.1) is 11.3 Å². The van der Waals surface area contributed by atoms with Crippen LogP contribution in [0.5, 0.6) is 5.75 Å². The van der Waals surface area contributed by atoms with Crippen LogP contribution in [0.15, 0.2) is 24.4 Å². The second-order valence-corrected chi connectivity index (χ2v) is 9.33. The van der Waals surface area contributed by atoms with E-state index in [1.807, 2.05) is 13.0 Å². The van der Waals surface area contributed by atoms with Crippen molar-refractivity contribution in [2.45, 2.75) is 31.5 Å². The summed E-state index contributed by atoms with van der Waals surface area (Å²) >= 11 is 1.26. The number of aryl methyl sites for hydroxylation is 1. The van der Waals surface area contributed by atoms with Gasteiger partial charge in [0.15, 0.2) is 0 Å². The zero-order valence-corrected chi connectivity index (χ0v) is 18.8. The molecule has 3 aromatic rings. The minimum atomic E-state index is -0.227. The Hall–Kier alpha value is -2.95. The van der Waals surface area contributed by atoms with Crippen molar-refractivity contribution in [1.29, 1.82) is 0 Å². The second-order valence-electron chi connectivity index (χ2n) is 8.33. The smallest absolute Gasteiger partial charge is 0.263 e. The van der Waals surface area contributed by atoms with E-state index in [1.165, 1.54) is 11.3 Å². The van der Waals surface area contributed by atoms with Crippen molar-refractivity contribution in [3.05, 3.63) is 40.5 Å². The quantitative estimate of drug-likeness (QED) is 0.541. The Bertz CT molecular complexity index is 1180. The number of hydrogen-bond donors (Lipinski definition) is 3. The molecule has 5 N–H and O–H groups in total. The molecule has 1 aromatic carbocycles. The summed E-state index contributed by atoms with van der Waals surface area (Å²) in [5.74, 6) is 0.614. The highest BCUT2D eigenvalue weighted by molar-refractivity contribution is 7.21. The Morgan fingerprint density at radius 3 is 3.00 bits per heavy atom. The number of nitrogen functional groups attached to an aromatic ring is 1. The van der Waals surface area contributed by atoms with Gasteiger partial charge in [0, 0.05) is 38.1 Å². The number of amides is 1. The lowest BCUT2D eigenvalue weighted by Gasteiger charge is -2.28. The summed E-state index contributed by atoms with van der Waals surface area (Å²) in [5.41, 5.74) is 16.2. The SMILES string of the molecule is CO[C@H]1CN(c2ccc3c(c2)OC[C@H](NC(=O)c2sc4nc(C)cnc4c2N)C3)C[C@H]1N. The van der Waals surface area contributed by atoms with E-state index in [9.17, 15) is 4.79 Å². The Labute approximate surface area is 189 Å². The number of fused-ring (bicyclic) bond motifs is 2. The number of ether oxygens (including phenoxy) is 2. The number of nitrogens with two attached hydrogens (primary N) is 2. The number of thiophene rings is 1. The summed E-state index contributed by atoms with van der Waals surface area (Å²) < 4.78 is 11.5. The maximum atomic E-state index is 12.9. The van der Waals surface area contributed by atoms with Crippen LogP contribution in [0.4, 0.5) is 11.4 Å². The molecule has 4 heterocycles. The molecule has 1 saturated heterocycles. The lowest BCUT2D eigenvalue weighted by atomic mass is 10.0. The average Bonchev–Trinajstić information content (AvgIpc) is 3.32. The first-order valence-corrected chi connectivity index (χ1v) is 11.4. The summed E-state index contributed by atoms with van der Waals surface area (Å²) in [6.45, 7) is 3.76. The highest BCUT2D eigenvalue weighted by Gasteiger charge is 2.31. The number of anilines is 2. The largest absolute Gasteiger partial charge is 0.491 e. The molecule has 0 bridgehead atoms. The lowest BCUT2D eigenvalue weighted by molar-refractivity contribution is 0.0920. The van der Waals surface area contributed by atoms with E-state index in [1.54, 1.807) is 13.3 Å². The Morgan fingerprint density at radius 1 is 1.38 bits per heavy atom. The number of methoxy groups -OCH3 is 1. The second kappa shape index (κ2) is 8.19. The van der Waals surface area contributed by atoms with Crippen LogP contribution >= 0.6 is 11.3 Å². The number of benzene rings is 1. The molecular formula is C22H26N6O3S. The molecule has 9 nitrogen and oxygen atoms in total. The molecular weight excluding hydrogens is 428 g/mol. The van der Waals surface area contributed by atoms with Crippen molar-refractivity contribution >= 4 is 39.0 Å². The number of carbonyl (C=O) groups is 1. The van der Waals surface area contributed by atoms with Crippen molar-refractivity contribution in [2.75, 3.05) is 37.4 Å². The lowest BCUT2D eigenvalue weighted by Crippen LogP contribution is -2.42. The number of hydrogen-bond acceptors (Lipinski definition) is 9. The fraction of sp³-hybridized carbons (Fsp3) is 0.409. The molecule has 32 heavy (non-hydrogen) atoms. The number of aromatic nitrogens is 2. The molecule has 2 aliphatic heterocycles. The van der Waals surface area contributed by atoms with Crippen molar-refractivity contribution < 1.29 is 14.3 Å². The summed E-state index contributed by atoms with van der Waals surface area (Å²) in [4.78, 5) is 25.0. The van der Waals surface area contributed by atoms with E-state index in [-0.39, 0.29) is 24.1 Å². The van der Waals surface area contributed by atoms with Crippen LogP contribution in [0.2, 0.25) is 0 Å². The predicted molar refractivity (Wildman–Crippen MR) is 124 cm³/mol.